The zero-order chi connectivity index (χ0) is 9.80. The molecule has 0 aliphatic carbocycles. The highest BCUT2D eigenvalue weighted by molar-refractivity contribution is 5.57. The summed E-state index contributed by atoms with van der Waals surface area (Å²) in [5.41, 5.74) is 6.50. The summed E-state index contributed by atoms with van der Waals surface area (Å²) in [6, 6.07) is 11.5. The fraction of sp³-hybridized carbons (Fsp3) is 0. The van der Waals surface area contributed by atoms with E-state index < -0.39 is 0 Å². The molecule has 1 heterocycles. The van der Waals surface area contributed by atoms with Crippen LogP contribution in [0.1, 0.15) is 0 Å². The molecule has 14 heavy (non-hydrogen) atoms. The van der Waals surface area contributed by atoms with Gasteiger partial charge in [-0.3, -0.25) is 0 Å². The van der Waals surface area contributed by atoms with Crippen molar-refractivity contribution in [2.45, 2.75) is 0 Å². The molecule has 0 unspecified atom stereocenters. The minimum Gasteiger partial charge on any atom is -0.384 e. The first-order chi connectivity index (χ1) is 6.84. The van der Waals surface area contributed by atoms with E-state index in [2.05, 4.69) is 15.3 Å². The van der Waals surface area contributed by atoms with Crippen molar-refractivity contribution in [2.24, 2.45) is 0 Å². The van der Waals surface area contributed by atoms with E-state index in [1.807, 2.05) is 30.3 Å². The number of nitrogens with one attached hydrogen (secondary N) is 1. The molecule has 0 spiro atoms. The summed E-state index contributed by atoms with van der Waals surface area (Å²) in [4.78, 5) is 7.84. The molecule has 70 valence electrons. The number of anilines is 3. The van der Waals surface area contributed by atoms with Crippen LogP contribution in [-0.4, -0.2) is 9.97 Å². The van der Waals surface area contributed by atoms with Crippen molar-refractivity contribution in [1.82, 2.24) is 9.97 Å². The Bertz CT molecular complexity index is 413. The lowest BCUT2D eigenvalue weighted by Crippen LogP contribution is -1.96. The first kappa shape index (κ1) is 8.50. The highest BCUT2D eigenvalue weighted by Gasteiger charge is 1.95. The van der Waals surface area contributed by atoms with Crippen molar-refractivity contribution in [3.05, 3.63) is 42.7 Å². The van der Waals surface area contributed by atoms with Gasteiger partial charge >= 0.3 is 0 Å². The maximum absolute atomic E-state index is 5.52. The number of nitrogens with two attached hydrogens (primary N) is 1. The van der Waals surface area contributed by atoms with Gasteiger partial charge in [-0.15, -0.1) is 0 Å². The number of rotatable bonds is 2. The van der Waals surface area contributed by atoms with Gasteiger partial charge in [0.15, 0.2) is 0 Å². The normalized spacial score (nSPS) is 9.71. The van der Waals surface area contributed by atoms with E-state index >= 15 is 0 Å². The monoisotopic (exact) mass is 186 g/mol. The number of hydrogen-bond acceptors (Lipinski definition) is 4. The molecule has 0 aliphatic heterocycles. The molecule has 0 fully saturated rings. The standard InChI is InChI=1S/C10H10N4/c11-9-6-10(13-7-12-9)14-8-4-2-1-3-5-8/h1-7H,(H3,11,12,13,14). The van der Waals surface area contributed by atoms with Gasteiger partial charge in [-0.1, -0.05) is 18.2 Å². The summed E-state index contributed by atoms with van der Waals surface area (Å²) >= 11 is 0. The highest BCUT2D eigenvalue weighted by Crippen LogP contribution is 2.13. The van der Waals surface area contributed by atoms with Crippen molar-refractivity contribution >= 4 is 17.3 Å². The van der Waals surface area contributed by atoms with Crippen LogP contribution in [0.25, 0.3) is 0 Å². The number of benzene rings is 1. The van der Waals surface area contributed by atoms with Gasteiger partial charge in [-0.25, -0.2) is 9.97 Å². The molecule has 2 aromatic rings. The predicted octanol–water partition coefficient (Wildman–Crippen LogP) is 1.80. The van der Waals surface area contributed by atoms with Crippen LogP contribution in [0, 0.1) is 0 Å². The third-order valence-corrected chi connectivity index (χ3v) is 1.73. The summed E-state index contributed by atoms with van der Waals surface area (Å²) in [6.45, 7) is 0. The molecule has 0 bridgehead atoms. The molecular formula is C10H10N4. The smallest absolute Gasteiger partial charge is 0.135 e. The van der Waals surface area contributed by atoms with Crippen LogP contribution in [0.15, 0.2) is 42.7 Å². The SMILES string of the molecule is Nc1cc(Nc2ccccc2)ncn1. The maximum Gasteiger partial charge on any atom is 0.135 e. The van der Waals surface area contributed by atoms with E-state index in [1.165, 1.54) is 6.33 Å². The summed E-state index contributed by atoms with van der Waals surface area (Å²) in [6.07, 6.45) is 1.43. The Morgan fingerprint density at radius 3 is 2.57 bits per heavy atom. The van der Waals surface area contributed by atoms with E-state index in [-0.39, 0.29) is 0 Å². The van der Waals surface area contributed by atoms with Crippen molar-refractivity contribution in [3.8, 4) is 0 Å². The summed E-state index contributed by atoms with van der Waals surface area (Å²) in [7, 11) is 0. The third-order valence-electron chi connectivity index (χ3n) is 1.73. The first-order valence-corrected chi connectivity index (χ1v) is 4.24. The van der Waals surface area contributed by atoms with Gasteiger partial charge in [0, 0.05) is 11.8 Å². The Hall–Kier alpha value is -2.10. The molecule has 0 amide bonds. The Balaban J connectivity index is 2.19. The molecular weight excluding hydrogens is 176 g/mol. The fourth-order valence-corrected chi connectivity index (χ4v) is 1.11. The molecule has 0 atom stereocenters. The minimum absolute atomic E-state index is 0.457. The zero-order valence-corrected chi connectivity index (χ0v) is 7.51. The van der Waals surface area contributed by atoms with E-state index in [9.17, 15) is 0 Å². The van der Waals surface area contributed by atoms with Crippen LogP contribution in [0.5, 0.6) is 0 Å². The van der Waals surface area contributed by atoms with Crippen LogP contribution < -0.4 is 11.1 Å². The molecule has 0 saturated heterocycles. The maximum atomic E-state index is 5.52. The minimum atomic E-state index is 0.457. The average molecular weight is 186 g/mol. The topological polar surface area (TPSA) is 63.8 Å². The van der Waals surface area contributed by atoms with Gasteiger partial charge in [-0.2, -0.15) is 0 Å². The molecule has 0 saturated carbocycles. The number of hydrogen-bond donors (Lipinski definition) is 2. The van der Waals surface area contributed by atoms with Crippen molar-refractivity contribution in [2.75, 3.05) is 11.1 Å². The van der Waals surface area contributed by atoms with Crippen LogP contribution in [0.2, 0.25) is 0 Å². The van der Waals surface area contributed by atoms with Gasteiger partial charge in [0.25, 0.3) is 0 Å². The molecule has 2 rings (SSSR count). The molecule has 4 nitrogen and oxygen atoms in total. The van der Waals surface area contributed by atoms with Crippen molar-refractivity contribution in [3.63, 3.8) is 0 Å². The van der Waals surface area contributed by atoms with Crippen LogP contribution in [-0.2, 0) is 0 Å². The second-order valence-electron chi connectivity index (χ2n) is 2.82. The van der Waals surface area contributed by atoms with Crippen molar-refractivity contribution < 1.29 is 0 Å². The molecule has 0 radical (unpaired) electrons. The van der Waals surface area contributed by atoms with Gasteiger partial charge in [0.2, 0.25) is 0 Å². The number of nitrogens with zero attached hydrogens (tertiary/aromatic N) is 2. The van der Waals surface area contributed by atoms with Crippen molar-refractivity contribution in [1.29, 1.82) is 0 Å². The average Bonchev–Trinajstić information content (AvgIpc) is 2.19. The summed E-state index contributed by atoms with van der Waals surface area (Å²) in [5, 5.41) is 3.11. The first-order valence-electron chi connectivity index (χ1n) is 4.24. The van der Waals surface area contributed by atoms with Gasteiger partial charge in [0.05, 0.1) is 0 Å². The van der Waals surface area contributed by atoms with E-state index in [0.29, 0.717) is 11.6 Å². The van der Waals surface area contributed by atoms with E-state index in [1.54, 1.807) is 6.07 Å². The summed E-state index contributed by atoms with van der Waals surface area (Å²) in [5.74, 6) is 1.15. The fourth-order valence-electron chi connectivity index (χ4n) is 1.11. The summed E-state index contributed by atoms with van der Waals surface area (Å²) < 4.78 is 0. The predicted molar refractivity (Wildman–Crippen MR) is 56.2 cm³/mol. The number of para-hydroxylation sites is 1. The van der Waals surface area contributed by atoms with Gasteiger partial charge in [0.1, 0.15) is 18.0 Å². The van der Waals surface area contributed by atoms with Crippen LogP contribution in [0.3, 0.4) is 0 Å². The van der Waals surface area contributed by atoms with Gasteiger partial charge < -0.3 is 11.1 Å². The van der Waals surface area contributed by atoms with Gasteiger partial charge in [-0.05, 0) is 12.1 Å². The Labute approximate surface area is 81.8 Å². The Kier molecular flexibility index (Phi) is 2.27. The Morgan fingerprint density at radius 1 is 1.07 bits per heavy atom. The molecule has 3 N–H and O–H groups in total. The number of nitrogen functional groups attached to an aromatic ring is 1. The Morgan fingerprint density at radius 2 is 1.86 bits per heavy atom. The quantitative estimate of drug-likeness (QED) is 0.750. The molecule has 0 aliphatic rings. The van der Waals surface area contributed by atoms with Crippen LogP contribution >= 0.6 is 0 Å². The second kappa shape index (κ2) is 3.74. The van der Waals surface area contributed by atoms with Crippen LogP contribution in [0.4, 0.5) is 17.3 Å². The molecule has 4 heteroatoms. The van der Waals surface area contributed by atoms with E-state index in [0.717, 1.165) is 5.69 Å². The third kappa shape index (κ3) is 1.98. The number of aromatic nitrogens is 2. The lowest BCUT2D eigenvalue weighted by atomic mass is 10.3. The largest absolute Gasteiger partial charge is 0.384 e. The second-order valence-corrected chi connectivity index (χ2v) is 2.82. The lowest BCUT2D eigenvalue weighted by molar-refractivity contribution is 1.18. The highest BCUT2D eigenvalue weighted by atomic mass is 15.0. The molecule has 1 aromatic heterocycles. The zero-order valence-electron chi connectivity index (χ0n) is 7.51. The van der Waals surface area contributed by atoms with E-state index in [4.69, 9.17) is 5.73 Å². The lowest BCUT2D eigenvalue weighted by Gasteiger charge is -2.04. The molecule has 1 aromatic carbocycles.